The fourth-order valence-electron chi connectivity index (χ4n) is 1.91. The lowest BCUT2D eigenvalue weighted by atomic mass is 10.0. The molecule has 2 saturated heterocycles. The van der Waals surface area contributed by atoms with Gasteiger partial charge in [0, 0.05) is 13.2 Å². The highest BCUT2D eigenvalue weighted by Gasteiger charge is 2.25. The summed E-state index contributed by atoms with van der Waals surface area (Å²) in [5, 5.41) is 3.00. The lowest BCUT2D eigenvalue weighted by Gasteiger charge is -2.22. The Bertz CT molecular complexity index is 196. The lowest BCUT2D eigenvalue weighted by molar-refractivity contribution is -0.129. The average molecular weight is 199 g/mol. The van der Waals surface area contributed by atoms with Crippen LogP contribution >= 0.6 is 0 Å². The molecule has 80 valence electrons. The molecule has 0 aromatic carbocycles. The number of ether oxygens (including phenoxy) is 2. The fraction of sp³-hybridized carbons (Fsp3) is 0.900. The molecule has 2 rings (SSSR count). The van der Waals surface area contributed by atoms with Crippen LogP contribution in [-0.2, 0) is 14.3 Å². The van der Waals surface area contributed by atoms with Crippen molar-refractivity contribution in [1.29, 1.82) is 0 Å². The van der Waals surface area contributed by atoms with E-state index in [2.05, 4.69) is 5.32 Å². The van der Waals surface area contributed by atoms with E-state index < -0.39 is 0 Å². The van der Waals surface area contributed by atoms with E-state index in [0.29, 0.717) is 13.2 Å². The largest absolute Gasteiger partial charge is 0.381 e. The van der Waals surface area contributed by atoms with E-state index in [4.69, 9.17) is 9.47 Å². The SMILES string of the molecule is O=C(N[C@H]1CCOC1)[C@@H]1CCCOC1. The van der Waals surface area contributed by atoms with Crippen molar-refractivity contribution >= 4 is 5.91 Å². The molecule has 2 aliphatic rings. The minimum atomic E-state index is 0.0596. The maximum atomic E-state index is 11.7. The lowest BCUT2D eigenvalue weighted by Crippen LogP contribution is -2.41. The van der Waals surface area contributed by atoms with Crippen molar-refractivity contribution in [1.82, 2.24) is 5.32 Å². The minimum absolute atomic E-state index is 0.0596. The number of carbonyl (C=O) groups excluding carboxylic acids is 1. The Morgan fingerprint density at radius 2 is 2.00 bits per heavy atom. The van der Waals surface area contributed by atoms with Crippen LogP contribution in [0.25, 0.3) is 0 Å². The Morgan fingerprint density at radius 1 is 1.14 bits per heavy atom. The third-order valence-electron chi connectivity index (χ3n) is 2.81. The topological polar surface area (TPSA) is 47.6 Å². The zero-order valence-electron chi connectivity index (χ0n) is 8.33. The number of hydrogen-bond donors (Lipinski definition) is 1. The summed E-state index contributed by atoms with van der Waals surface area (Å²) >= 11 is 0. The molecular formula is C10H17NO3. The van der Waals surface area contributed by atoms with Crippen LogP contribution in [0.3, 0.4) is 0 Å². The van der Waals surface area contributed by atoms with Crippen molar-refractivity contribution in [2.75, 3.05) is 26.4 Å². The van der Waals surface area contributed by atoms with Crippen LogP contribution < -0.4 is 5.32 Å². The Hall–Kier alpha value is -0.610. The van der Waals surface area contributed by atoms with Gasteiger partial charge in [-0.25, -0.2) is 0 Å². The monoisotopic (exact) mass is 199 g/mol. The van der Waals surface area contributed by atoms with Gasteiger partial charge in [-0.1, -0.05) is 0 Å². The first-order valence-corrected chi connectivity index (χ1v) is 5.32. The molecule has 1 N–H and O–H groups in total. The van der Waals surface area contributed by atoms with Crippen molar-refractivity contribution in [2.45, 2.75) is 25.3 Å². The number of carbonyl (C=O) groups is 1. The van der Waals surface area contributed by atoms with Crippen LogP contribution in [-0.4, -0.2) is 38.4 Å². The molecular weight excluding hydrogens is 182 g/mol. The molecule has 0 radical (unpaired) electrons. The molecule has 0 aromatic rings. The van der Waals surface area contributed by atoms with E-state index in [1.807, 2.05) is 0 Å². The van der Waals surface area contributed by atoms with Gasteiger partial charge in [-0.05, 0) is 19.3 Å². The maximum absolute atomic E-state index is 11.7. The van der Waals surface area contributed by atoms with Crippen LogP contribution in [0.4, 0.5) is 0 Å². The van der Waals surface area contributed by atoms with Gasteiger partial charge < -0.3 is 14.8 Å². The van der Waals surface area contributed by atoms with Crippen molar-refractivity contribution in [2.24, 2.45) is 5.92 Å². The Balaban J connectivity index is 1.75. The van der Waals surface area contributed by atoms with Crippen LogP contribution in [0.2, 0.25) is 0 Å². The maximum Gasteiger partial charge on any atom is 0.225 e. The number of nitrogens with one attached hydrogen (secondary N) is 1. The van der Waals surface area contributed by atoms with Crippen LogP contribution in [0.15, 0.2) is 0 Å². The highest BCUT2D eigenvalue weighted by molar-refractivity contribution is 5.79. The van der Waals surface area contributed by atoms with Gasteiger partial charge in [-0.15, -0.1) is 0 Å². The van der Waals surface area contributed by atoms with Gasteiger partial charge in [0.25, 0.3) is 0 Å². The van der Waals surface area contributed by atoms with E-state index in [0.717, 1.165) is 32.5 Å². The molecule has 0 saturated carbocycles. The minimum Gasteiger partial charge on any atom is -0.381 e. The van der Waals surface area contributed by atoms with Crippen molar-refractivity contribution in [3.8, 4) is 0 Å². The van der Waals surface area contributed by atoms with E-state index >= 15 is 0 Å². The molecule has 4 heteroatoms. The smallest absolute Gasteiger partial charge is 0.225 e. The second-order valence-electron chi connectivity index (χ2n) is 3.98. The summed E-state index contributed by atoms with van der Waals surface area (Å²) < 4.78 is 10.5. The Labute approximate surface area is 84.0 Å². The zero-order valence-corrected chi connectivity index (χ0v) is 8.33. The molecule has 0 bridgehead atoms. The Morgan fingerprint density at radius 3 is 2.64 bits per heavy atom. The molecule has 2 aliphatic heterocycles. The summed E-state index contributed by atoms with van der Waals surface area (Å²) in [7, 11) is 0. The highest BCUT2D eigenvalue weighted by atomic mass is 16.5. The van der Waals surface area contributed by atoms with Crippen LogP contribution in [0.5, 0.6) is 0 Å². The molecule has 4 nitrogen and oxygen atoms in total. The Kier molecular flexibility index (Phi) is 3.37. The van der Waals surface area contributed by atoms with Gasteiger partial charge in [-0.2, -0.15) is 0 Å². The summed E-state index contributed by atoms with van der Waals surface area (Å²) in [5.74, 6) is 0.199. The molecule has 2 fully saturated rings. The molecule has 2 heterocycles. The third kappa shape index (κ3) is 2.45. The summed E-state index contributed by atoms with van der Waals surface area (Å²) in [6.07, 6.45) is 2.90. The van der Waals surface area contributed by atoms with Gasteiger partial charge in [0.15, 0.2) is 0 Å². The average Bonchev–Trinajstić information content (AvgIpc) is 2.72. The first-order chi connectivity index (χ1) is 6.86. The van der Waals surface area contributed by atoms with Crippen LogP contribution in [0.1, 0.15) is 19.3 Å². The van der Waals surface area contributed by atoms with E-state index in [9.17, 15) is 4.79 Å². The molecule has 2 atom stereocenters. The summed E-state index contributed by atoms with van der Waals surface area (Å²) in [5.41, 5.74) is 0. The second kappa shape index (κ2) is 4.75. The molecule has 0 aromatic heterocycles. The van der Waals surface area contributed by atoms with Gasteiger partial charge in [0.1, 0.15) is 0 Å². The standard InChI is InChI=1S/C10H17NO3/c12-10(8-2-1-4-13-6-8)11-9-3-5-14-7-9/h8-9H,1-7H2,(H,11,12)/t8-,9+/m1/s1. The number of amides is 1. The molecule has 14 heavy (non-hydrogen) atoms. The third-order valence-corrected chi connectivity index (χ3v) is 2.81. The highest BCUT2D eigenvalue weighted by Crippen LogP contribution is 2.14. The number of hydrogen-bond acceptors (Lipinski definition) is 3. The van der Waals surface area contributed by atoms with Gasteiger partial charge >= 0.3 is 0 Å². The molecule has 1 amide bonds. The van der Waals surface area contributed by atoms with Gasteiger partial charge in [0.2, 0.25) is 5.91 Å². The summed E-state index contributed by atoms with van der Waals surface area (Å²) in [4.78, 5) is 11.7. The number of rotatable bonds is 2. The summed E-state index contributed by atoms with van der Waals surface area (Å²) in [6, 6.07) is 0.226. The molecule has 0 unspecified atom stereocenters. The van der Waals surface area contributed by atoms with E-state index in [1.165, 1.54) is 0 Å². The van der Waals surface area contributed by atoms with E-state index in [-0.39, 0.29) is 17.9 Å². The second-order valence-corrected chi connectivity index (χ2v) is 3.98. The molecule has 0 aliphatic carbocycles. The van der Waals surface area contributed by atoms with Gasteiger partial charge in [-0.3, -0.25) is 4.79 Å². The normalized spacial score (nSPS) is 32.9. The van der Waals surface area contributed by atoms with Crippen molar-refractivity contribution in [3.05, 3.63) is 0 Å². The summed E-state index contributed by atoms with van der Waals surface area (Å²) in [6.45, 7) is 2.82. The predicted molar refractivity (Wildman–Crippen MR) is 50.9 cm³/mol. The van der Waals surface area contributed by atoms with Crippen molar-refractivity contribution in [3.63, 3.8) is 0 Å². The molecule has 0 spiro atoms. The van der Waals surface area contributed by atoms with Crippen molar-refractivity contribution < 1.29 is 14.3 Å². The van der Waals surface area contributed by atoms with E-state index in [1.54, 1.807) is 0 Å². The first kappa shape index (κ1) is 9.93. The van der Waals surface area contributed by atoms with Crippen LogP contribution in [0, 0.1) is 5.92 Å². The fourth-order valence-corrected chi connectivity index (χ4v) is 1.91. The zero-order chi connectivity index (χ0) is 9.80. The quantitative estimate of drug-likeness (QED) is 0.696. The first-order valence-electron chi connectivity index (χ1n) is 5.32. The van der Waals surface area contributed by atoms with Gasteiger partial charge in [0.05, 0.1) is 25.2 Å². The predicted octanol–water partition coefficient (Wildman–Crippen LogP) is 0.318.